The first kappa shape index (κ1) is 17.3. The molecular weight excluding hydrogens is 280 g/mol. The summed E-state index contributed by atoms with van der Waals surface area (Å²) in [5.74, 6) is 0. The molecule has 5 nitrogen and oxygen atoms in total. The van der Waals surface area contributed by atoms with Crippen molar-refractivity contribution in [1.82, 2.24) is 9.80 Å². The van der Waals surface area contributed by atoms with Crippen LogP contribution in [-0.2, 0) is 9.47 Å². The lowest BCUT2D eigenvalue weighted by atomic mass is 9.89. The van der Waals surface area contributed by atoms with E-state index in [0.717, 1.165) is 39.3 Å². The summed E-state index contributed by atoms with van der Waals surface area (Å²) in [7, 11) is 0. The molecule has 0 unspecified atom stereocenters. The highest BCUT2D eigenvalue weighted by atomic mass is 16.6. The van der Waals surface area contributed by atoms with E-state index in [1.165, 1.54) is 5.57 Å². The Balaban J connectivity index is 1.98. The monoisotopic (exact) mass is 310 g/mol. The van der Waals surface area contributed by atoms with E-state index in [1.807, 2.05) is 25.7 Å². The number of amides is 1. The highest BCUT2D eigenvalue weighted by Crippen LogP contribution is 2.30. The number of morpholine rings is 1. The maximum atomic E-state index is 12.4. The smallest absolute Gasteiger partial charge is 0.411 e. The van der Waals surface area contributed by atoms with Crippen LogP contribution in [0.2, 0.25) is 0 Å². The van der Waals surface area contributed by atoms with Crippen LogP contribution in [0, 0.1) is 0 Å². The zero-order valence-electron chi connectivity index (χ0n) is 14.6. The number of rotatable bonds is 2. The van der Waals surface area contributed by atoms with Gasteiger partial charge in [0.05, 0.1) is 13.2 Å². The van der Waals surface area contributed by atoms with E-state index in [4.69, 9.17) is 9.47 Å². The molecule has 22 heavy (non-hydrogen) atoms. The molecule has 0 aromatic carbocycles. The molecule has 0 aromatic rings. The molecule has 0 bridgehead atoms. The van der Waals surface area contributed by atoms with Gasteiger partial charge in [-0.1, -0.05) is 11.6 Å². The Labute approximate surface area is 134 Å². The summed E-state index contributed by atoms with van der Waals surface area (Å²) in [5, 5.41) is 0. The number of hydrogen-bond acceptors (Lipinski definition) is 4. The van der Waals surface area contributed by atoms with Crippen LogP contribution in [0.15, 0.2) is 11.6 Å². The number of hydrogen-bond donors (Lipinski definition) is 0. The molecule has 0 aliphatic carbocycles. The lowest BCUT2D eigenvalue weighted by molar-refractivity contribution is 0.00357. The standard InChI is InChI=1S/C17H30N2O3/c1-16(2,3)22-15(20)19-7-6-14(12-17(19,4)5)13-18-8-10-21-11-9-18/h6H,7-13H2,1-5H3. The Kier molecular flexibility index (Phi) is 5.17. The van der Waals surface area contributed by atoms with Crippen molar-refractivity contribution < 1.29 is 14.3 Å². The quantitative estimate of drug-likeness (QED) is 0.735. The van der Waals surface area contributed by atoms with Gasteiger partial charge >= 0.3 is 6.09 Å². The second kappa shape index (κ2) is 6.59. The van der Waals surface area contributed by atoms with Gasteiger partial charge in [-0.3, -0.25) is 9.80 Å². The summed E-state index contributed by atoms with van der Waals surface area (Å²) in [4.78, 5) is 16.6. The molecule has 2 rings (SSSR count). The van der Waals surface area contributed by atoms with Gasteiger partial charge in [0.15, 0.2) is 0 Å². The fraction of sp³-hybridized carbons (Fsp3) is 0.824. The van der Waals surface area contributed by atoms with Crippen LogP contribution in [0.1, 0.15) is 41.0 Å². The predicted molar refractivity (Wildman–Crippen MR) is 87.0 cm³/mol. The molecule has 0 saturated carbocycles. The minimum atomic E-state index is -0.453. The molecule has 2 aliphatic heterocycles. The third kappa shape index (κ3) is 4.71. The molecule has 1 saturated heterocycles. The van der Waals surface area contributed by atoms with Crippen molar-refractivity contribution in [2.75, 3.05) is 39.4 Å². The van der Waals surface area contributed by atoms with E-state index < -0.39 is 5.60 Å². The van der Waals surface area contributed by atoms with Crippen LogP contribution in [0.3, 0.4) is 0 Å². The van der Waals surface area contributed by atoms with Crippen molar-refractivity contribution in [1.29, 1.82) is 0 Å². The zero-order valence-corrected chi connectivity index (χ0v) is 14.6. The van der Waals surface area contributed by atoms with Crippen molar-refractivity contribution in [3.05, 3.63) is 11.6 Å². The number of nitrogens with zero attached hydrogens (tertiary/aromatic N) is 2. The summed E-state index contributed by atoms with van der Waals surface area (Å²) in [6.07, 6.45) is 2.85. The molecule has 0 aromatic heterocycles. The Morgan fingerprint density at radius 3 is 2.50 bits per heavy atom. The third-order valence-corrected chi connectivity index (χ3v) is 4.10. The van der Waals surface area contributed by atoms with Gasteiger partial charge in [-0.25, -0.2) is 4.79 Å². The van der Waals surface area contributed by atoms with Gasteiger partial charge in [0.2, 0.25) is 0 Å². The Morgan fingerprint density at radius 2 is 1.95 bits per heavy atom. The van der Waals surface area contributed by atoms with Crippen molar-refractivity contribution >= 4 is 6.09 Å². The van der Waals surface area contributed by atoms with Crippen LogP contribution in [0.4, 0.5) is 4.79 Å². The van der Waals surface area contributed by atoms with Crippen molar-refractivity contribution in [3.8, 4) is 0 Å². The molecule has 0 atom stereocenters. The SMILES string of the molecule is CC(C)(C)OC(=O)N1CC=C(CN2CCOCC2)CC1(C)C. The van der Waals surface area contributed by atoms with Gasteiger partial charge in [-0.15, -0.1) is 0 Å². The van der Waals surface area contributed by atoms with E-state index in [-0.39, 0.29) is 11.6 Å². The normalized spacial score (nSPS) is 23.1. The summed E-state index contributed by atoms with van der Waals surface area (Å²) in [5.41, 5.74) is 0.746. The van der Waals surface area contributed by atoms with Crippen LogP contribution in [-0.4, -0.2) is 66.4 Å². The highest BCUT2D eigenvalue weighted by Gasteiger charge is 2.36. The van der Waals surface area contributed by atoms with Gasteiger partial charge in [0, 0.05) is 31.7 Å². The van der Waals surface area contributed by atoms with E-state index >= 15 is 0 Å². The first-order valence-electron chi connectivity index (χ1n) is 8.16. The van der Waals surface area contributed by atoms with Crippen molar-refractivity contribution in [2.24, 2.45) is 0 Å². The second-order valence-electron chi connectivity index (χ2n) is 7.83. The topological polar surface area (TPSA) is 42.0 Å². The zero-order chi connectivity index (χ0) is 16.4. The van der Waals surface area contributed by atoms with Gasteiger partial charge in [-0.05, 0) is 41.0 Å². The Morgan fingerprint density at radius 1 is 1.32 bits per heavy atom. The summed E-state index contributed by atoms with van der Waals surface area (Å²) < 4.78 is 10.9. The van der Waals surface area contributed by atoms with Crippen molar-refractivity contribution in [3.63, 3.8) is 0 Å². The molecule has 0 radical (unpaired) electrons. The number of carbonyl (C=O) groups excluding carboxylic acids is 1. The van der Waals surface area contributed by atoms with E-state index in [9.17, 15) is 4.79 Å². The van der Waals surface area contributed by atoms with Crippen LogP contribution < -0.4 is 0 Å². The van der Waals surface area contributed by atoms with Crippen LogP contribution in [0.25, 0.3) is 0 Å². The third-order valence-electron chi connectivity index (χ3n) is 4.10. The molecule has 1 amide bonds. The maximum absolute atomic E-state index is 12.4. The molecular formula is C17H30N2O3. The van der Waals surface area contributed by atoms with Gasteiger partial charge in [0.1, 0.15) is 5.60 Å². The van der Waals surface area contributed by atoms with E-state index in [0.29, 0.717) is 6.54 Å². The predicted octanol–water partition coefficient (Wildman–Crippen LogP) is 2.66. The largest absolute Gasteiger partial charge is 0.444 e. The first-order chi connectivity index (χ1) is 10.2. The lowest BCUT2D eigenvalue weighted by Gasteiger charge is -2.43. The van der Waals surface area contributed by atoms with Gasteiger partial charge in [0.25, 0.3) is 0 Å². The van der Waals surface area contributed by atoms with E-state index in [1.54, 1.807) is 0 Å². The number of carbonyl (C=O) groups is 1. The molecule has 0 spiro atoms. The molecule has 1 fully saturated rings. The summed E-state index contributed by atoms with van der Waals surface area (Å²) >= 11 is 0. The molecule has 0 N–H and O–H groups in total. The van der Waals surface area contributed by atoms with Crippen molar-refractivity contribution in [2.45, 2.75) is 52.2 Å². The fourth-order valence-electron chi connectivity index (χ4n) is 3.00. The second-order valence-corrected chi connectivity index (χ2v) is 7.83. The maximum Gasteiger partial charge on any atom is 0.411 e. The lowest BCUT2D eigenvalue weighted by Crippen LogP contribution is -2.52. The van der Waals surface area contributed by atoms with Gasteiger partial charge < -0.3 is 9.47 Å². The Bertz CT molecular complexity index is 432. The summed E-state index contributed by atoms with van der Waals surface area (Å²) in [6.45, 7) is 15.2. The molecule has 126 valence electrons. The minimum Gasteiger partial charge on any atom is -0.444 e. The summed E-state index contributed by atoms with van der Waals surface area (Å²) in [6, 6.07) is 0. The molecule has 2 aliphatic rings. The average molecular weight is 310 g/mol. The highest BCUT2D eigenvalue weighted by molar-refractivity contribution is 5.69. The van der Waals surface area contributed by atoms with E-state index in [2.05, 4.69) is 24.8 Å². The van der Waals surface area contributed by atoms with Crippen LogP contribution in [0.5, 0.6) is 0 Å². The first-order valence-corrected chi connectivity index (χ1v) is 8.16. The number of ether oxygens (including phenoxy) is 2. The molecule has 2 heterocycles. The molecule has 5 heteroatoms. The van der Waals surface area contributed by atoms with Gasteiger partial charge in [-0.2, -0.15) is 0 Å². The van der Waals surface area contributed by atoms with Crippen LogP contribution >= 0.6 is 0 Å². The fourth-order valence-corrected chi connectivity index (χ4v) is 3.00. The minimum absolute atomic E-state index is 0.210. The Hall–Kier alpha value is -1.07. The average Bonchev–Trinajstić information content (AvgIpc) is 2.36.